The van der Waals surface area contributed by atoms with Crippen LogP contribution < -0.4 is 0 Å². The average molecular weight is 118 g/mol. The normalized spacial score (nSPS) is 14.6. The Balaban J connectivity index is 3.56. The lowest BCUT2D eigenvalue weighted by Gasteiger charge is -1.89. The van der Waals surface area contributed by atoms with Crippen molar-refractivity contribution in [1.82, 2.24) is 0 Å². The third kappa shape index (κ3) is 5.47. The van der Waals surface area contributed by atoms with Gasteiger partial charge in [0.2, 0.25) is 0 Å². The molecule has 2 heteroatoms. The maximum Gasteiger partial charge on any atom is 0.303 e. The van der Waals surface area contributed by atoms with E-state index >= 15 is 0 Å². The van der Waals surface area contributed by atoms with Crippen molar-refractivity contribution in [1.29, 1.82) is 0 Å². The SMILES string of the molecule is [2H]C([2H])(CC)CCC(=O)O. The summed E-state index contributed by atoms with van der Waals surface area (Å²) in [6.07, 6.45) is -0.904. The van der Waals surface area contributed by atoms with E-state index in [1.165, 1.54) is 0 Å². The van der Waals surface area contributed by atoms with Crippen LogP contribution in [0.3, 0.4) is 0 Å². The van der Waals surface area contributed by atoms with Gasteiger partial charge in [0.05, 0.1) is 0 Å². The number of aliphatic carboxylic acids is 1. The highest BCUT2D eigenvalue weighted by Gasteiger charge is 1.92. The minimum Gasteiger partial charge on any atom is -0.481 e. The molecule has 0 amide bonds. The molecule has 0 spiro atoms. The third-order valence-corrected chi connectivity index (χ3v) is 0.766. The van der Waals surface area contributed by atoms with Crippen LogP contribution >= 0.6 is 0 Å². The number of carboxylic acids is 1. The minimum absolute atomic E-state index is 0.0825. The van der Waals surface area contributed by atoms with E-state index < -0.39 is 12.3 Å². The van der Waals surface area contributed by atoms with Gasteiger partial charge in [0.15, 0.2) is 0 Å². The predicted molar refractivity (Wildman–Crippen MR) is 31.8 cm³/mol. The van der Waals surface area contributed by atoms with Gasteiger partial charge in [-0.1, -0.05) is 19.7 Å². The number of hydrogen-bond acceptors (Lipinski definition) is 1. The summed E-state index contributed by atoms with van der Waals surface area (Å²) >= 11 is 0. The van der Waals surface area contributed by atoms with E-state index in [1.807, 2.05) is 0 Å². The molecule has 2 nitrogen and oxygen atoms in total. The maximum absolute atomic E-state index is 10.00. The van der Waals surface area contributed by atoms with E-state index in [9.17, 15) is 4.79 Å². The van der Waals surface area contributed by atoms with Crippen LogP contribution in [-0.2, 0) is 4.79 Å². The molecule has 0 aliphatic carbocycles. The lowest BCUT2D eigenvalue weighted by molar-refractivity contribution is -0.137. The molecular weight excluding hydrogens is 104 g/mol. The van der Waals surface area contributed by atoms with Crippen molar-refractivity contribution in [3.63, 3.8) is 0 Å². The summed E-state index contributed by atoms with van der Waals surface area (Å²) in [4.78, 5) is 10.00. The van der Waals surface area contributed by atoms with E-state index in [2.05, 4.69) is 0 Å². The monoisotopic (exact) mass is 118 g/mol. The summed E-state index contributed by atoms with van der Waals surface area (Å²) in [5.74, 6) is -0.933. The molecule has 8 heavy (non-hydrogen) atoms. The van der Waals surface area contributed by atoms with Crippen molar-refractivity contribution < 1.29 is 12.6 Å². The van der Waals surface area contributed by atoms with Crippen molar-refractivity contribution >= 4 is 5.97 Å². The zero-order valence-corrected chi connectivity index (χ0v) is 4.98. The molecule has 0 aromatic rings. The summed E-state index contributed by atoms with van der Waals surface area (Å²) in [6.45, 7) is 1.71. The van der Waals surface area contributed by atoms with Gasteiger partial charge in [0.25, 0.3) is 0 Å². The molecule has 0 aromatic heterocycles. The van der Waals surface area contributed by atoms with E-state index in [1.54, 1.807) is 6.92 Å². The highest BCUT2D eigenvalue weighted by molar-refractivity contribution is 5.66. The highest BCUT2D eigenvalue weighted by Crippen LogP contribution is 1.97. The second-order valence-electron chi connectivity index (χ2n) is 1.50. The first kappa shape index (κ1) is 4.36. The molecule has 0 bridgehead atoms. The summed E-state index contributed by atoms with van der Waals surface area (Å²) in [5.41, 5.74) is 0. The van der Waals surface area contributed by atoms with Crippen LogP contribution in [-0.4, -0.2) is 11.1 Å². The van der Waals surface area contributed by atoms with Crippen LogP contribution in [0.15, 0.2) is 0 Å². The fourth-order valence-corrected chi connectivity index (χ4v) is 0.372. The number of carbonyl (C=O) groups is 1. The second kappa shape index (κ2) is 4.62. The molecule has 48 valence electrons. The summed E-state index contributed by atoms with van der Waals surface area (Å²) in [6, 6.07) is 0. The molecule has 0 atom stereocenters. The minimum atomic E-state index is -1.31. The van der Waals surface area contributed by atoms with Gasteiger partial charge in [-0.15, -0.1) is 0 Å². The van der Waals surface area contributed by atoms with E-state index in [4.69, 9.17) is 7.85 Å². The molecule has 0 saturated carbocycles. The van der Waals surface area contributed by atoms with Gasteiger partial charge in [0, 0.05) is 9.16 Å². The first-order chi connectivity index (χ1) is 4.48. The first-order valence-corrected chi connectivity index (χ1v) is 2.70. The topological polar surface area (TPSA) is 37.3 Å². The Morgan fingerprint density at radius 2 is 2.50 bits per heavy atom. The molecule has 0 radical (unpaired) electrons. The molecule has 0 unspecified atom stereocenters. The number of carboxylic acid groups (broad SMARTS) is 1. The highest BCUT2D eigenvalue weighted by atomic mass is 16.4. The van der Waals surface area contributed by atoms with Gasteiger partial charge < -0.3 is 5.11 Å². The quantitative estimate of drug-likeness (QED) is 0.609. The fraction of sp³-hybridized carbons (Fsp3) is 0.833. The molecule has 0 rings (SSSR count). The van der Waals surface area contributed by atoms with Crippen molar-refractivity contribution in [2.75, 3.05) is 0 Å². The van der Waals surface area contributed by atoms with E-state index in [0.717, 1.165) is 0 Å². The van der Waals surface area contributed by atoms with Crippen molar-refractivity contribution in [3.05, 3.63) is 0 Å². The third-order valence-electron chi connectivity index (χ3n) is 0.766. The van der Waals surface area contributed by atoms with Crippen LogP contribution in [0.5, 0.6) is 0 Å². The Labute approximate surface area is 52.3 Å². The summed E-state index contributed by atoms with van der Waals surface area (Å²) in [7, 11) is 0. The fourth-order valence-electron chi connectivity index (χ4n) is 0.372. The van der Waals surface area contributed by atoms with Gasteiger partial charge in [-0.25, -0.2) is 0 Å². The predicted octanol–water partition coefficient (Wildman–Crippen LogP) is 1.65. The lowest BCUT2D eigenvalue weighted by Crippen LogP contribution is -1.92. The van der Waals surface area contributed by atoms with Crippen molar-refractivity contribution in [2.45, 2.75) is 32.6 Å². The average Bonchev–Trinajstić information content (AvgIpc) is 1.85. The van der Waals surface area contributed by atoms with Gasteiger partial charge in [0.1, 0.15) is 0 Å². The van der Waals surface area contributed by atoms with Crippen LogP contribution in [0.25, 0.3) is 0 Å². The summed E-state index contributed by atoms with van der Waals surface area (Å²) < 4.78 is 14.3. The largest absolute Gasteiger partial charge is 0.481 e. The van der Waals surface area contributed by atoms with Gasteiger partial charge in [-0.05, 0) is 6.42 Å². The standard InChI is InChI=1S/C6H12O2/c1-2-3-4-5-6(7)8/h2-5H2,1H3,(H,7,8)/i3D2. The van der Waals surface area contributed by atoms with Gasteiger partial charge in [-0.3, -0.25) is 4.79 Å². The number of rotatable bonds is 4. The van der Waals surface area contributed by atoms with Gasteiger partial charge in [-0.2, -0.15) is 0 Å². The van der Waals surface area contributed by atoms with Crippen LogP contribution in [0.1, 0.15) is 35.3 Å². The van der Waals surface area contributed by atoms with Crippen LogP contribution in [0, 0.1) is 0 Å². The Morgan fingerprint density at radius 1 is 1.88 bits per heavy atom. The Hall–Kier alpha value is -0.530. The second-order valence-corrected chi connectivity index (χ2v) is 1.50. The molecule has 0 aliphatic heterocycles. The lowest BCUT2D eigenvalue weighted by atomic mass is 10.2. The molecule has 0 saturated heterocycles. The zero-order valence-electron chi connectivity index (χ0n) is 6.98. The summed E-state index contributed by atoms with van der Waals surface area (Å²) in [5, 5.41) is 8.21. The van der Waals surface area contributed by atoms with Crippen molar-refractivity contribution in [3.8, 4) is 0 Å². The first-order valence-electron chi connectivity index (χ1n) is 3.70. The number of hydrogen-bond donors (Lipinski definition) is 1. The van der Waals surface area contributed by atoms with Crippen LogP contribution in [0.2, 0.25) is 0 Å². The van der Waals surface area contributed by atoms with Crippen molar-refractivity contribution in [2.24, 2.45) is 0 Å². The van der Waals surface area contributed by atoms with E-state index in [0.29, 0.717) is 6.42 Å². The molecular formula is C6H12O2. The maximum atomic E-state index is 10.00. The zero-order chi connectivity index (χ0) is 8.20. The molecule has 0 aromatic carbocycles. The molecule has 0 aliphatic rings. The molecule has 0 heterocycles. The van der Waals surface area contributed by atoms with Crippen LogP contribution in [0.4, 0.5) is 0 Å². The van der Waals surface area contributed by atoms with E-state index in [-0.39, 0.29) is 12.8 Å². The Morgan fingerprint density at radius 3 is 2.88 bits per heavy atom. The molecule has 0 fully saturated rings. The Kier molecular flexibility index (Phi) is 2.52. The molecule has 1 N–H and O–H groups in total. The Bertz CT molecular complexity index is 123. The smallest absolute Gasteiger partial charge is 0.303 e. The van der Waals surface area contributed by atoms with Gasteiger partial charge >= 0.3 is 5.97 Å².